The van der Waals surface area contributed by atoms with Crippen LogP contribution in [0.3, 0.4) is 0 Å². The lowest BCUT2D eigenvalue weighted by atomic mass is 10.2. The smallest absolute Gasteiger partial charge is 0.244 e. The quantitative estimate of drug-likeness (QED) is 0.705. The number of aromatic nitrogens is 5. The molecule has 0 unspecified atom stereocenters. The fourth-order valence-corrected chi connectivity index (χ4v) is 3.23. The van der Waals surface area contributed by atoms with Gasteiger partial charge in [-0.25, -0.2) is 9.67 Å². The molecule has 26 heavy (non-hydrogen) atoms. The first-order valence-electron chi connectivity index (χ1n) is 8.80. The van der Waals surface area contributed by atoms with Crippen LogP contribution in [0.1, 0.15) is 0 Å². The Labute approximate surface area is 151 Å². The Morgan fingerprint density at radius 2 is 1.88 bits per heavy atom. The van der Waals surface area contributed by atoms with Gasteiger partial charge in [-0.2, -0.15) is 10.2 Å². The van der Waals surface area contributed by atoms with E-state index in [1.165, 1.54) is 6.33 Å². The fourth-order valence-electron chi connectivity index (χ4n) is 3.23. The normalized spacial score (nSPS) is 18.2. The summed E-state index contributed by atoms with van der Waals surface area (Å²) in [5.74, 6) is 0.951. The molecule has 2 aromatic heterocycles. The summed E-state index contributed by atoms with van der Waals surface area (Å²) in [6.45, 7) is 6.26. The Morgan fingerprint density at radius 1 is 1.08 bits per heavy atom. The van der Waals surface area contributed by atoms with Crippen molar-refractivity contribution < 1.29 is 9.53 Å². The van der Waals surface area contributed by atoms with E-state index in [1.807, 2.05) is 4.90 Å². The molecule has 0 N–H and O–H groups in total. The highest BCUT2D eigenvalue weighted by Gasteiger charge is 2.23. The summed E-state index contributed by atoms with van der Waals surface area (Å²) in [4.78, 5) is 22.5. The minimum Gasteiger partial charge on any atom is -0.378 e. The van der Waals surface area contributed by atoms with Crippen LogP contribution in [0.25, 0.3) is 0 Å². The van der Waals surface area contributed by atoms with Gasteiger partial charge in [0.05, 0.1) is 25.1 Å². The van der Waals surface area contributed by atoms with Crippen LogP contribution >= 0.6 is 0 Å². The van der Waals surface area contributed by atoms with Crippen LogP contribution in [0.4, 0.5) is 11.5 Å². The highest BCUT2D eigenvalue weighted by atomic mass is 16.5. The number of piperazine rings is 1. The molecule has 2 aliphatic rings. The number of carbonyl (C=O) groups is 1. The number of anilines is 2. The summed E-state index contributed by atoms with van der Waals surface area (Å²) < 4.78 is 6.94. The zero-order valence-corrected chi connectivity index (χ0v) is 14.6. The number of nitrogens with zero attached hydrogens (tertiary/aromatic N) is 8. The van der Waals surface area contributed by atoms with Crippen molar-refractivity contribution in [2.24, 2.45) is 0 Å². The molecule has 0 spiro atoms. The molecule has 2 aromatic rings. The lowest BCUT2D eigenvalue weighted by molar-refractivity contribution is -0.132. The molecule has 2 saturated heterocycles. The van der Waals surface area contributed by atoms with Gasteiger partial charge in [-0.1, -0.05) is 0 Å². The zero-order chi connectivity index (χ0) is 17.8. The number of amides is 1. The van der Waals surface area contributed by atoms with E-state index in [2.05, 4.69) is 36.1 Å². The molecule has 1 amide bonds. The largest absolute Gasteiger partial charge is 0.378 e. The number of carbonyl (C=O) groups excluding carboxylic acids is 1. The molecule has 0 aliphatic carbocycles. The van der Waals surface area contributed by atoms with E-state index >= 15 is 0 Å². The van der Waals surface area contributed by atoms with E-state index in [1.54, 1.807) is 17.2 Å². The first-order chi connectivity index (χ1) is 12.8. The average molecular weight is 358 g/mol. The summed E-state index contributed by atoms with van der Waals surface area (Å²) in [6, 6.07) is 2.07. The van der Waals surface area contributed by atoms with Crippen molar-refractivity contribution in [3.05, 3.63) is 24.9 Å². The first kappa shape index (κ1) is 16.7. The maximum absolute atomic E-state index is 12.3. The van der Waals surface area contributed by atoms with Crippen LogP contribution in [0, 0.1) is 0 Å². The molecule has 4 rings (SSSR count). The molecular formula is C16H22N8O2. The van der Waals surface area contributed by atoms with Crippen LogP contribution in [-0.4, -0.2) is 88.3 Å². The Kier molecular flexibility index (Phi) is 4.91. The van der Waals surface area contributed by atoms with E-state index in [-0.39, 0.29) is 12.5 Å². The fraction of sp³-hybridized carbons (Fsp3) is 0.562. The third kappa shape index (κ3) is 3.74. The van der Waals surface area contributed by atoms with Crippen LogP contribution in [-0.2, 0) is 16.1 Å². The van der Waals surface area contributed by atoms with Gasteiger partial charge in [-0.05, 0) is 0 Å². The summed E-state index contributed by atoms with van der Waals surface area (Å²) in [5.41, 5.74) is 1.05. The predicted molar refractivity (Wildman–Crippen MR) is 93.9 cm³/mol. The van der Waals surface area contributed by atoms with Gasteiger partial charge in [0.25, 0.3) is 0 Å². The minimum absolute atomic E-state index is 0.0667. The lowest BCUT2D eigenvalue weighted by Crippen LogP contribution is -2.49. The molecular weight excluding hydrogens is 336 g/mol. The van der Waals surface area contributed by atoms with Gasteiger partial charge in [-0.15, -0.1) is 5.10 Å². The number of hydrogen-bond donors (Lipinski definition) is 0. The van der Waals surface area contributed by atoms with E-state index < -0.39 is 0 Å². The molecule has 0 aromatic carbocycles. The monoisotopic (exact) mass is 358 g/mol. The van der Waals surface area contributed by atoms with Gasteiger partial charge in [0.15, 0.2) is 5.82 Å². The van der Waals surface area contributed by atoms with Crippen LogP contribution in [0.2, 0.25) is 0 Å². The Morgan fingerprint density at radius 3 is 2.62 bits per heavy atom. The van der Waals surface area contributed by atoms with Crippen molar-refractivity contribution in [2.75, 3.05) is 62.3 Å². The third-order valence-corrected chi connectivity index (χ3v) is 4.72. The van der Waals surface area contributed by atoms with E-state index in [4.69, 9.17) is 4.74 Å². The first-order valence-corrected chi connectivity index (χ1v) is 8.80. The second-order valence-corrected chi connectivity index (χ2v) is 6.33. The average Bonchev–Trinajstić information content (AvgIpc) is 3.22. The molecule has 10 nitrogen and oxygen atoms in total. The number of morpholine rings is 1. The van der Waals surface area contributed by atoms with Gasteiger partial charge in [-0.3, -0.25) is 4.79 Å². The topological polar surface area (TPSA) is 92.5 Å². The molecule has 2 fully saturated rings. The second-order valence-electron chi connectivity index (χ2n) is 6.33. The van der Waals surface area contributed by atoms with E-state index in [0.717, 1.165) is 50.9 Å². The van der Waals surface area contributed by atoms with Crippen molar-refractivity contribution in [2.45, 2.75) is 6.54 Å². The predicted octanol–water partition coefficient (Wildman–Crippen LogP) is -0.746. The van der Waals surface area contributed by atoms with Crippen molar-refractivity contribution in [1.29, 1.82) is 0 Å². The molecule has 4 heterocycles. The maximum Gasteiger partial charge on any atom is 0.244 e. The second kappa shape index (κ2) is 7.65. The van der Waals surface area contributed by atoms with Crippen LogP contribution in [0.5, 0.6) is 0 Å². The van der Waals surface area contributed by atoms with E-state index in [9.17, 15) is 4.79 Å². The Hall–Kier alpha value is -2.75. The standard InChI is InChI=1S/C16H22N8O2/c25-16(11-24-13-17-12-19-24)23-3-1-21(2-4-23)14-9-15(20-18-10-14)22-5-7-26-8-6-22/h9-10,12-13H,1-8,11H2. The van der Waals surface area contributed by atoms with E-state index in [0.29, 0.717) is 13.1 Å². The molecule has 138 valence electrons. The van der Waals surface area contributed by atoms with Gasteiger partial charge in [0, 0.05) is 45.3 Å². The molecule has 0 atom stereocenters. The third-order valence-electron chi connectivity index (χ3n) is 4.72. The number of hydrogen-bond acceptors (Lipinski definition) is 8. The molecule has 2 aliphatic heterocycles. The summed E-state index contributed by atoms with van der Waals surface area (Å²) in [7, 11) is 0. The zero-order valence-electron chi connectivity index (χ0n) is 14.6. The minimum atomic E-state index is 0.0667. The number of rotatable bonds is 4. The summed E-state index contributed by atoms with van der Waals surface area (Å²) >= 11 is 0. The number of ether oxygens (including phenoxy) is 1. The van der Waals surface area contributed by atoms with Crippen molar-refractivity contribution in [3.8, 4) is 0 Å². The van der Waals surface area contributed by atoms with Gasteiger partial charge in [0.2, 0.25) is 5.91 Å². The van der Waals surface area contributed by atoms with Crippen molar-refractivity contribution in [1.82, 2.24) is 29.9 Å². The SMILES string of the molecule is O=C(Cn1cncn1)N1CCN(c2cnnc(N3CCOCC3)c2)CC1. The van der Waals surface area contributed by atoms with Crippen LogP contribution in [0.15, 0.2) is 24.9 Å². The van der Waals surface area contributed by atoms with Gasteiger partial charge < -0.3 is 19.4 Å². The van der Waals surface area contributed by atoms with Gasteiger partial charge in [0.1, 0.15) is 19.2 Å². The Bertz CT molecular complexity index is 724. The summed E-state index contributed by atoms with van der Waals surface area (Å²) in [5, 5.41) is 12.4. The Balaban J connectivity index is 1.35. The molecule has 0 saturated carbocycles. The van der Waals surface area contributed by atoms with Crippen molar-refractivity contribution >= 4 is 17.4 Å². The lowest BCUT2D eigenvalue weighted by Gasteiger charge is -2.36. The molecule has 0 bridgehead atoms. The van der Waals surface area contributed by atoms with Crippen LogP contribution < -0.4 is 9.80 Å². The summed E-state index contributed by atoms with van der Waals surface area (Å²) in [6.07, 6.45) is 4.79. The molecule has 0 radical (unpaired) electrons. The highest BCUT2D eigenvalue weighted by molar-refractivity contribution is 5.76. The maximum atomic E-state index is 12.3. The van der Waals surface area contributed by atoms with Crippen molar-refractivity contribution in [3.63, 3.8) is 0 Å². The molecule has 10 heteroatoms. The highest BCUT2D eigenvalue weighted by Crippen LogP contribution is 2.21. The van der Waals surface area contributed by atoms with Gasteiger partial charge >= 0.3 is 0 Å².